The van der Waals surface area contributed by atoms with Crippen molar-refractivity contribution in [3.05, 3.63) is 35.1 Å². The van der Waals surface area contributed by atoms with Gasteiger partial charge in [0, 0.05) is 25.1 Å². The van der Waals surface area contributed by atoms with Crippen LogP contribution in [0.3, 0.4) is 0 Å². The van der Waals surface area contributed by atoms with Crippen molar-refractivity contribution in [2.45, 2.75) is 25.4 Å². The molecule has 2 N–H and O–H groups in total. The lowest BCUT2D eigenvalue weighted by atomic mass is 10.1. The molecule has 0 saturated carbocycles. The zero-order chi connectivity index (χ0) is 15.1. The van der Waals surface area contributed by atoms with Gasteiger partial charge in [0.1, 0.15) is 5.82 Å². The van der Waals surface area contributed by atoms with Crippen molar-refractivity contribution in [3.63, 3.8) is 0 Å². The first-order valence-electron chi connectivity index (χ1n) is 7.00. The van der Waals surface area contributed by atoms with Crippen molar-refractivity contribution < 1.29 is 19.0 Å². The molecular weight excluding hydrogens is 273 g/mol. The van der Waals surface area contributed by atoms with E-state index in [2.05, 4.69) is 17.2 Å². The van der Waals surface area contributed by atoms with Crippen molar-refractivity contribution >= 4 is 5.91 Å². The largest absolute Gasteiger partial charge is 0.395 e. The summed E-state index contributed by atoms with van der Waals surface area (Å²) in [7, 11) is 0. The van der Waals surface area contributed by atoms with Gasteiger partial charge in [-0.05, 0) is 31.0 Å². The summed E-state index contributed by atoms with van der Waals surface area (Å²) in [5, 5.41) is 11.3. The third-order valence-electron chi connectivity index (χ3n) is 3.20. The quantitative estimate of drug-likeness (QED) is 0.826. The lowest BCUT2D eigenvalue weighted by molar-refractivity contribution is 0.0854. The van der Waals surface area contributed by atoms with Crippen molar-refractivity contribution in [2.75, 3.05) is 19.8 Å². The van der Waals surface area contributed by atoms with Gasteiger partial charge in [0.05, 0.1) is 18.3 Å². The molecule has 1 saturated heterocycles. The Morgan fingerprint density at radius 2 is 2.38 bits per heavy atom. The molecule has 0 aliphatic carbocycles. The maximum Gasteiger partial charge on any atom is 0.254 e. The van der Waals surface area contributed by atoms with Gasteiger partial charge in [-0.1, -0.05) is 11.8 Å². The van der Waals surface area contributed by atoms with Gasteiger partial charge in [-0.15, -0.1) is 0 Å². The molecule has 5 heteroatoms. The highest BCUT2D eigenvalue weighted by Crippen LogP contribution is 2.12. The summed E-state index contributed by atoms with van der Waals surface area (Å²) in [6, 6.07) is 4.24. The third-order valence-corrected chi connectivity index (χ3v) is 3.20. The Hall–Kier alpha value is -1.90. The molecule has 1 aliphatic rings. The maximum atomic E-state index is 13.9. The zero-order valence-electron chi connectivity index (χ0n) is 11.7. The summed E-state index contributed by atoms with van der Waals surface area (Å²) in [5.74, 6) is 4.39. The lowest BCUT2D eigenvalue weighted by Crippen LogP contribution is -2.32. The fourth-order valence-electron chi connectivity index (χ4n) is 2.10. The van der Waals surface area contributed by atoms with Gasteiger partial charge in [0.15, 0.2) is 0 Å². The average Bonchev–Trinajstić information content (AvgIpc) is 2.98. The highest BCUT2D eigenvalue weighted by atomic mass is 19.1. The van der Waals surface area contributed by atoms with Crippen molar-refractivity contribution in [1.29, 1.82) is 0 Å². The number of amides is 1. The standard InChI is InChI=1S/C16H18FNO3/c17-15-10-12(4-1-2-8-19)6-7-14(15)16(20)18-11-13-5-3-9-21-13/h6-7,10,13,19H,2-3,5,8-9,11H2,(H,18,20). The molecule has 4 nitrogen and oxygen atoms in total. The van der Waals surface area contributed by atoms with Crippen molar-refractivity contribution in [2.24, 2.45) is 0 Å². The molecule has 1 aromatic carbocycles. The Labute approximate surface area is 123 Å². The molecule has 1 heterocycles. The molecule has 2 rings (SSSR count). The van der Waals surface area contributed by atoms with Crippen LogP contribution in [0.1, 0.15) is 35.2 Å². The molecule has 0 aromatic heterocycles. The Kier molecular flexibility index (Phi) is 5.73. The van der Waals surface area contributed by atoms with Crippen molar-refractivity contribution in [3.8, 4) is 11.8 Å². The van der Waals surface area contributed by atoms with Crippen LogP contribution in [0.25, 0.3) is 0 Å². The molecule has 112 valence electrons. The Bertz CT molecular complexity index is 556. The number of nitrogens with one attached hydrogen (secondary N) is 1. The van der Waals surface area contributed by atoms with Gasteiger partial charge >= 0.3 is 0 Å². The van der Waals surface area contributed by atoms with E-state index in [0.717, 1.165) is 19.4 Å². The lowest BCUT2D eigenvalue weighted by Gasteiger charge is -2.11. The van der Waals surface area contributed by atoms with Gasteiger partial charge in [-0.3, -0.25) is 4.79 Å². The number of carbonyl (C=O) groups is 1. The monoisotopic (exact) mass is 291 g/mol. The van der Waals surface area contributed by atoms with Gasteiger partial charge in [0.2, 0.25) is 0 Å². The average molecular weight is 291 g/mol. The molecule has 1 aromatic rings. The summed E-state index contributed by atoms with van der Waals surface area (Å²) in [6.07, 6.45) is 2.28. The van der Waals surface area contributed by atoms with Gasteiger partial charge in [-0.2, -0.15) is 0 Å². The minimum absolute atomic E-state index is 0.000653. The number of benzene rings is 1. The van der Waals surface area contributed by atoms with Crippen LogP contribution in [0.2, 0.25) is 0 Å². The van der Waals surface area contributed by atoms with Crippen LogP contribution in [-0.4, -0.2) is 36.9 Å². The van der Waals surface area contributed by atoms with Crippen LogP contribution in [-0.2, 0) is 4.74 Å². The Balaban J connectivity index is 1.96. The molecule has 1 unspecified atom stereocenters. The van der Waals surface area contributed by atoms with Crippen LogP contribution in [0.5, 0.6) is 0 Å². The number of ether oxygens (including phenoxy) is 1. The topological polar surface area (TPSA) is 58.6 Å². The smallest absolute Gasteiger partial charge is 0.254 e. The van der Waals surface area contributed by atoms with E-state index in [0.29, 0.717) is 18.5 Å². The maximum absolute atomic E-state index is 13.9. The van der Waals surface area contributed by atoms with E-state index in [9.17, 15) is 9.18 Å². The van der Waals surface area contributed by atoms with Crippen LogP contribution >= 0.6 is 0 Å². The van der Waals surface area contributed by atoms with Crippen LogP contribution in [0.15, 0.2) is 18.2 Å². The summed E-state index contributed by atoms with van der Waals surface area (Å²) >= 11 is 0. The molecular formula is C16H18FNO3. The van der Waals surface area contributed by atoms with E-state index in [1.807, 2.05) is 0 Å². The first-order chi connectivity index (χ1) is 10.2. The highest BCUT2D eigenvalue weighted by Gasteiger charge is 2.18. The molecule has 1 amide bonds. The molecule has 0 spiro atoms. The van der Waals surface area contributed by atoms with E-state index in [-0.39, 0.29) is 18.3 Å². The van der Waals surface area contributed by atoms with E-state index in [1.165, 1.54) is 12.1 Å². The number of carbonyl (C=O) groups excluding carboxylic acids is 1. The number of aliphatic hydroxyl groups is 1. The van der Waals surface area contributed by atoms with Gasteiger partial charge in [0.25, 0.3) is 5.91 Å². The molecule has 21 heavy (non-hydrogen) atoms. The number of halogens is 1. The summed E-state index contributed by atoms with van der Waals surface area (Å²) in [6.45, 7) is 1.09. The minimum Gasteiger partial charge on any atom is -0.395 e. The molecule has 1 atom stereocenters. The predicted molar refractivity (Wildman–Crippen MR) is 76.3 cm³/mol. The third kappa shape index (κ3) is 4.55. The summed E-state index contributed by atoms with van der Waals surface area (Å²) in [4.78, 5) is 11.9. The number of rotatable bonds is 4. The van der Waals surface area contributed by atoms with Crippen LogP contribution < -0.4 is 5.32 Å². The van der Waals surface area contributed by atoms with Crippen LogP contribution in [0.4, 0.5) is 4.39 Å². The van der Waals surface area contributed by atoms with Gasteiger partial charge in [-0.25, -0.2) is 4.39 Å². The predicted octanol–water partition coefficient (Wildman–Crippen LogP) is 1.47. The van der Waals surface area contributed by atoms with Crippen molar-refractivity contribution in [1.82, 2.24) is 5.32 Å². The molecule has 0 bridgehead atoms. The first-order valence-corrected chi connectivity index (χ1v) is 7.00. The highest BCUT2D eigenvalue weighted by molar-refractivity contribution is 5.94. The fourth-order valence-corrected chi connectivity index (χ4v) is 2.10. The second-order valence-corrected chi connectivity index (χ2v) is 4.82. The second-order valence-electron chi connectivity index (χ2n) is 4.82. The normalized spacial score (nSPS) is 17.1. The fraction of sp³-hybridized carbons (Fsp3) is 0.438. The molecule has 1 fully saturated rings. The Morgan fingerprint density at radius 1 is 1.52 bits per heavy atom. The number of hydrogen-bond acceptors (Lipinski definition) is 3. The van der Waals surface area contributed by atoms with Gasteiger partial charge < -0.3 is 15.2 Å². The SMILES string of the molecule is O=C(NCC1CCCO1)c1ccc(C#CCCO)cc1F. The summed E-state index contributed by atoms with van der Waals surface area (Å²) in [5.41, 5.74) is 0.484. The van der Waals surface area contributed by atoms with E-state index >= 15 is 0 Å². The number of aliphatic hydroxyl groups excluding tert-OH is 1. The molecule has 0 radical (unpaired) electrons. The Morgan fingerprint density at radius 3 is 3.05 bits per heavy atom. The number of hydrogen-bond donors (Lipinski definition) is 2. The first kappa shape index (κ1) is 15.5. The van der Waals surface area contributed by atoms with E-state index in [4.69, 9.17) is 9.84 Å². The van der Waals surface area contributed by atoms with Crippen LogP contribution in [0, 0.1) is 17.7 Å². The van der Waals surface area contributed by atoms with E-state index < -0.39 is 11.7 Å². The second kappa shape index (κ2) is 7.77. The zero-order valence-corrected chi connectivity index (χ0v) is 11.7. The van der Waals surface area contributed by atoms with E-state index in [1.54, 1.807) is 6.07 Å². The molecule has 1 aliphatic heterocycles. The summed E-state index contributed by atoms with van der Waals surface area (Å²) < 4.78 is 19.3. The minimum atomic E-state index is -0.601.